The Balaban J connectivity index is 2.30. The number of nitrogens with zero attached hydrogens (tertiary/aromatic N) is 1. The molecule has 2 N–H and O–H groups in total. The van der Waals surface area contributed by atoms with E-state index in [1.807, 2.05) is 0 Å². The molecule has 0 bridgehead atoms. The third kappa shape index (κ3) is 1.08. The molecule has 18 heavy (non-hydrogen) atoms. The normalized spacial score (nSPS) is 26.3. The number of rotatable bonds is 0. The number of ketones is 2. The molecule has 0 aromatic heterocycles. The number of benzene rings is 1. The van der Waals surface area contributed by atoms with Crippen molar-refractivity contribution in [2.45, 2.75) is 18.3 Å². The molecule has 0 saturated heterocycles. The number of Topliss-reactive ketones (excluding diaryl/α,β-unsaturated/α-hetero) is 2. The van der Waals surface area contributed by atoms with Gasteiger partial charge < -0.3 is 10.6 Å². The van der Waals surface area contributed by atoms with Gasteiger partial charge in [0, 0.05) is 30.4 Å². The van der Waals surface area contributed by atoms with Gasteiger partial charge in [-0.15, -0.1) is 0 Å². The number of nitrogens with two attached hydrogens (primary N) is 1. The fourth-order valence-corrected chi connectivity index (χ4v) is 2.93. The van der Waals surface area contributed by atoms with Crippen molar-refractivity contribution < 1.29 is 14.4 Å². The minimum absolute atomic E-state index is 0.0363. The van der Waals surface area contributed by atoms with E-state index >= 15 is 0 Å². The van der Waals surface area contributed by atoms with Gasteiger partial charge in [0.2, 0.25) is 5.91 Å². The quantitative estimate of drug-likeness (QED) is 0.529. The third-order valence-electron chi connectivity index (χ3n) is 3.81. The highest BCUT2D eigenvalue weighted by Gasteiger charge is 2.59. The maximum atomic E-state index is 12.4. The standard InChI is InChI=1S/C13H12N2O3/c1-15-10-3-2-7(14)4-9(10)13(12(15)18)6-8(16)5-11(13)17/h2-4H,5-6,14H2,1H3. The van der Waals surface area contributed by atoms with Crippen molar-refractivity contribution in [2.75, 3.05) is 17.7 Å². The molecule has 1 aromatic rings. The smallest absolute Gasteiger partial charge is 0.245 e. The highest BCUT2D eigenvalue weighted by Crippen LogP contribution is 2.48. The van der Waals surface area contributed by atoms with Gasteiger partial charge in [-0.25, -0.2) is 0 Å². The van der Waals surface area contributed by atoms with E-state index in [-0.39, 0.29) is 30.3 Å². The van der Waals surface area contributed by atoms with Gasteiger partial charge in [-0.1, -0.05) is 0 Å². The summed E-state index contributed by atoms with van der Waals surface area (Å²) < 4.78 is 0. The van der Waals surface area contributed by atoms with Crippen molar-refractivity contribution in [1.82, 2.24) is 0 Å². The summed E-state index contributed by atoms with van der Waals surface area (Å²) in [5.41, 5.74) is 6.15. The average Bonchev–Trinajstić information content (AvgIpc) is 2.72. The van der Waals surface area contributed by atoms with Crippen LogP contribution in [-0.4, -0.2) is 24.5 Å². The van der Waals surface area contributed by atoms with Crippen molar-refractivity contribution >= 4 is 28.8 Å². The molecule has 1 atom stereocenters. The van der Waals surface area contributed by atoms with Crippen molar-refractivity contribution in [3.05, 3.63) is 23.8 Å². The number of carbonyl (C=O) groups is 3. The van der Waals surface area contributed by atoms with Crippen molar-refractivity contribution in [2.24, 2.45) is 0 Å². The van der Waals surface area contributed by atoms with Crippen LogP contribution >= 0.6 is 0 Å². The van der Waals surface area contributed by atoms with Gasteiger partial charge in [-0.3, -0.25) is 14.4 Å². The van der Waals surface area contributed by atoms with Gasteiger partial charge in [0.05, 0.1) is 6.42 Å². The van der Waals surface area contributed by atoms with Crippen LogP contribution in [0.2, 0.25) is 0 Å². The molecule has 1 aliphatic heterocycles. The zero-order valence-electron chi connectivity index (χ0n) is 9.90. The second-order valence-electron chi connectivity index (χ2n) is 4.86. The highest BCUT2D eigenvalue weighted by molar-refractivity contribution is 6.30. The lowest BCUT2D eigenvalue weighted by Crippen LogP contribution is -2.42. The first-order valence-corrected chi connectivity index (χ1v) is 5.70. The largest absolute Gasteiger partial charge is 0.399 e. The molecule has 2 aliphatic rings. The number of carbonyl (C=O) groups excluding carboxylic acids is 3. The third-order valence-corrected chi connectivity index (χ3v) is 3.81. The SMILES string of the molecule is CN1C(=O)C2(CC(=O)CC2=O)c2cc(N)ccc21. The Morgan fingerprint density at radius 2 is 2.00 bits per heavy atom. The number of amides is 1. The van der Waals surface area contributed by atoms with E-state index in [4.69, 9.17) is 5.73 Å². The topological polar surface area (TPSA) is 80.5 Å². The van der Waals surface area contributed by atoms with Gasteiger partial charge in [0.1, 0.15) is 11.2 Å². The summed E-state index contributed by atoms with van der Waals surface area (Å²) in [4.78, 5) is 37.5. The number of hydrogen-bond donors (Lipinski definition) is 1. The van der Waals surface area contributed by atoms with E-state index in [0.717, 1.165) is 0 Å². The van der Waals surface area contributed by atoms with Crippen LogP contribution < -0.4 is 10.6 Å². The lowest BCUT2D eigenvalue weighted by atomic mass is 9.79. The van der Waals surface area contributed by atoms with Crippen molar-refractivity contribution in [1.29, 1.82) is 0 Å². The van der Waals surface area contributed by atoms with Crippen LogP contribution in [0.15, 0.2) is 18.2 Å². The molecular formula is C13H12N2O3. The van der Waals surface area contributed by atoms with Crippen LogP contribution in [0.1, 0.15) is 18.4 Å². The summed E-state index contributed by atoms with van der Waals surface area (Å²) in [6, 6.07) is 5.03. The molecule has 92 valence electrons. The maximum absolute atomic E-state index is 12.4. The molecule has 5 heteroatoms. The Morgan fingerprint density at radius 3 is 2.61 bits per heavy atom. The second-order valence-corrected chi connectivity index (χ2v) is 4.86. The van der Waals surface area contributed by atoms with Crippen LogP contribution in [0.5, 0.6) is 0 Å². The van der Waals surface area contributed by atoms with E-state index < -0.39 is 5.41 Å². The summed E-state index contributed by atoms with van der Waals surface area (Å²) in [6.07, 6.45) is -0.195. The second kappa shape index (κ2) is 3.19. The fraction of sp³-hybridized carbons (Fsp3) is 0.308. The van der Waals surface area contributed by atoms with Crippen LogP contribution in [0.25, 0.3) is 0 Å². The van der Waals surface area contributed by atoms with Crippen LogP contribution in [0.4, 0.5) is 11.4 Å². The van der Waals surface area contributed by atoms with Gasteiger partial charge in [-0.05, 0) is 18.2 Å². The summed E-state index contributed by atoms with van der Waals surface area (Å²) in [5, 5.41) is 0. The number of fused-ring (bicyclic) bond motifs is 2. The molecule has 1 heterocycles. The van der Waals surface area contributed by atoms with E-state index in [0.29, 0.717) is 16.9 Å². The minimum atomic E-state index is -1.31. The van der Waals surface area contributed by atoms with Crippen molar-refractivity contribution in [3.63, 3.8) is 0 Å². The van der Waals surface area contributed by atoms with Gasteiger partial charge in [0.25, 0.3) is 0 Å². The monoisotopic (exact) mass is 244 g/mol. The molecular weight excluding hydrogens is 232 g/mol. The Hall–Kier alpha value is -2.17. The van der Waals surface area contributed by atoms with E-state index in [1.165, 1.54) is 4.90 Å². The fourth-order valence-electron chi connectivity index (χ4n) is 2.93. The highest BCUT2D eigenvalue weighted by atomic mass is 16.2. The first-order chi connectivity index (χ1) is 8.46. The Labute approximate surface area is 104 Å². The first kappa shape index (κ1) is 11.0. The van der Waals surface area contributed by atoms with E-state index in [1.54, 1.807) is 25.2 Å². The van der Waals surface area contributed by atoms with Crippen LogP contribution in [0.3, 0.4) is 0 Å². The summed E-state index contributed by atoms with van der Waals surface area (Å²) in [7, 11) is 1.61. The molecule has 1 aliphatic carbocycles. The predicted octanol–water partition coefficient (Wildman–Crippen LogP) is 0.415. The Kier molecular flexibility index (Phi) is 1.94. The summed E-state index contributed by atoms with van der Waals surface area (Å²) >= 11 is 0. The summed E-state index contributed by atoms with van der Waals surface area (Å²) in [6.45, 7) is 0. The van der Waals surface area contributed by atoms with Crippen LogP contribution in [0, 0.1) is 0 Å². The molecule has 1 unspecified atom stereocenters. The van der Waals surface area contributed by atoms with Gasteiger partial charge in [0.15, 0.2) is 5.78 Å². The average molecular weight is 244 g/mol. The molecule has 1 fully saturated rings. The predicted molar refractivity (Wildman–Crippen MR) is 65.2 cm³/mol. The molecule has 1 saturated carbocycles. The molecule has 1 aromatic carbocycles. The number of anilines is 2. The zero-order valence-corrected chi connectivity index (χ0v) is 9.90. The minimum Gasteiger partial charge on any atom is -0.399 e. The van der Waals surface area contributed by atoms with Crippen molar-refractivity contribution in [3.8, 4) is 0 Å². The first-order valence-electron chi connectivity index (χ1n) is 5.70. The number of likely N-dealkylation sites (N-methyl/N-ethyl adjacent to an activating group) is 1. The molecule has 1 amide bonds. The summed E-state index contributed by atoms with van der Waals surface area (Å²) in [5.74, 6) is -0.815. The maximum Gasteiger partial charge on any atom is 0.245 e. The molecule has 3 rings (SSSR count). The lowest BCUT2D eigenvalue weighted by Gasteiger charge is -2.19. The zero-order chi connectivity index (χ0) is 13.1. The molecule has 1 spiro atoms. The lowest BCUT2D eigenvalue weighted by molar-refractivity contribution is -0.132. The van der Waals surface area contributed by atoms with E-state index in [9.17, 15) is 14.4 Å². The number of hydrogen-bond acceptors (Lipinski definition) is 4. The number of nitrogen functional groups attached to an aromatic ring is 1. The van der Waals surface area contributed by atoms with E-state index in [2.05, 4.69) is 0 Å². The van der Waals surface area contributed by atoms with Gasteiger partial charge >= 0.3 is 0 Å². The Morgan fingerprint density at radius 1 is 1.28 bits per heavy atom. The Bertz CT molecular complexity index is 608. The van der Waals surface area contributed by atoms with Crippen LogP contribution in [-0.2, 0) is 19.8 Å². The van der Waals surface area contributed by atoms with Gasteiger partial charge in [-0.2, -0.15) is 0 Å². The molecule has 0 radical (unpaired) electrons. The molecule has 5 nitrogen and oxygen atoms in total.